The number of halogens is 1. The number of amides is 1. The Bertz CT molecular complexity index is 488. The molecule has 0 radical (unpaired) electrons. The zero-order valence-electron chi connectivity index (χ0n) is 13.0. The minimum atomic E-state index is 0. The van der Waals surface area contributed by atoms with Crippen molar-refractivity contribution < 1.29 is 9.53 Å². The van der Waals surface area contributed by atoms with E-state index < -0.39 is 0 Å². The van der Waals surface area contributed by atoms with Crippen LogP contribution in [-0.2, 0) is 4.79 Å². The number of ether oxygens (including phenoxy) is 1. The second kappa shape index (κ2) is 7.84. The molecule has 5 heteroatoms. The molecule has 2 N–H and O–H groups in total. The number of rotatable bonds is 5. The van der Waals surface area contributed by atoms with E-state index in [1.54, 1.807) is 0 Å². The van der Waals surface area contributed by atoms with E-state index >= 15 is 0 Å². The maximum atomic E-state index is 12.3. The van der Waals surface area contributed by atoms with Crippen LogP contribution in [0.3, 0.4) is 0 Å². The fourth-order valence-corrected chi connectivity index (χ4v) is 2.75. The monoisotopic (exact) mass is 324 g/mol. The summed E-state index contributed by atoms with van der Waals surface area (Å²) < 4.78 is 5.70. The maximum Gasteiger partial charge on any atom is 0.227 e. The third-order valence-corrected chi connectivity index (χ3v) is 4.30. The van der Waals surface area contributed by atoms with E-state index in [0.717, 1.165) is 43.3 Å². The molecule has 0 aromatic heterocycles. The van der Waals surface area contributed by atoms with Gasteiger partial charge >= 0.3 is 0 Å². The molecular weight excluding hydrogens is 300 g/mol. The summed E-state index contributed by atoms with van der Waals surface area (Å²) in [6, 6.07) is 8.13. The van der Waals surface area contributed by atoms with Crippen molar-refractivity contribution in [3.05, 3.63) is 24.3 Å². The van der Waals surface area contributed by atoms with Crippen molar-refractivity contribution in [1.82, 2.24) is 5.32 Å². The van der Waals surface area contributed by atoms with Gasteiger partial charge < -0.3 is 15.4 Å². The molecule has 1 heterocycles. The van der Waals surface area contributed by atoms with Crippen molar-refractivity contribution >= 4 is 24.0 Å². The molecule has 122 valence electrons. The molecule has 1 aromatic rings. The third-order valence-electron chi connectivity index (χ3n) is 4.30. The average molecular weight is 325 g/mol. The number of anilines is 1. The Hall–Kier alpha value is -1.26. The van der Waals surface area contributed by atoms with E-state index in [4.69, 9.17) is 4.74 Å². The zero-order chi connectivity index (χ0) is 14.7. The summed E-state index contributed by atoms with van der Waals surface area (Å²) in [5.74, 6) is 1.89. The molecule has 0 unspecified atom stereocenters. The number of piperidine rings is 1. The van der Waals surface area contributed by atoms with Gasteiger partial charge in [0, 0.05) is 17.6 Å². The number of nitrogens with one attached hydrogen (secondary N) is 2. The lowest BCUT2D eigenvalue weighted by atomic mass is 9.92. The Morgan fingerprint density at radius 2 is 2.00 bits per heavy atom. The smallest absolute Gasteiger partial charge is 0.227 e. The molecular formula is C17H25ClN2O2. The van der Waals surface area contributed by atoms with Gasteiger partial charge in [-0.05, 0) is 69.3 Å². The van der Waals surface area contributed by atoms with Gasteiger partial charge in [-0.3, -0.25) is 4.79 Å². The van der Waals surface area contributed by atoms with Crippen molar-refractivity contribution in [2.45, 2.75) is 38.6 Å². The minimum Gasteiger partial charge on any atom is -0.493 e. The molecule has 2 atom stereocenters. The van der Waals surface area contributed by atoms with Gasteiger partial charge in [0.1, 0.15) is 5.75 Å². The fourth-order valence-electron chi connectivity index (χ4n) is 2.75. The van der Waals surface area contributed by atoms with Crippen LogP contribution < -0.4 is 15.4 Å². The lowest BCUT2D eigenvalue weighted by Gasteiger charge is -2.27. The molecule has 1 aromatic carbocycles. The lowest BCUT2D eigenvalue weighted by molar-refractivity contribution is -0.120. The van der Waals surface area contributed by atoms with Crippen LogP contribution in [0.1, 0.15) is 32.6 Å². The molecule has 1 aliphatic carbocycles. The van der Waals surface area contributed by atoms with Crippen molar-refractivity contribution in [3.8, 4) is 5.75 Å². The quantitative estimate of drug-likeness (QED) is 0.874. The molecule has 22 heavy (non-hydrogen) atoms. The summed E-state index contributed by atoms with van der Waals surface area (Å²) in [6.07, 6.45) is 4.42. The molecule has 1 saturated carbocycles. The number of benzene rings is 1. The topological polar surface area (TPSA) is 50.4 Å². The van der Waals surface area contributed by atoms with E-state index in [9.17, 15) is 4.79 Å². The van der Waals surface area contributed by atoms with Crippen LogP contribution in [0.25, 0.3) is 0 Å². The van der Waals surface area contributed by atoms with Gasteiger partial charge in [0.15, 0.2) is 0 Å². The van der Waals surface area contributed by atoms with E-state index in [1.807, 2.05) is 24.3 Å². The molecule has 0 bridgehead atoms. The van der Waals surface area contributed by atoms with Gasteiger partial charge in [0.05, 0.1) is 6.61 Å². The summed E-state index contributed by atoms with van der Waals surface area (Å²) in [5, 5.41) is 6.38. The number of carbonyl (C=O) groups is 1. The first-order valence-corrected chi connectivity index (χ1v) is 7.98. The molecule has 1 amide bonds. The fraction of sp³-hybridized carbons (Fsp3) is 0.588. The predicted molar refractivity (Wildman–Crippen MR) is 90.7 cm³/mol. The Labute approximate surface area is 138 Å². The van der Waals surface area contributed by atoms with Gasteiger partial charge in [-0.1, -0.05) is 0 Å². The molecule has 1 saturated heterocycles. The number of hydrogen-bond acceptors (Lipinski definition) is 3. The van der Waals surface area contributed by atoms with E-state index in [0.29, 0.717) is 6.04 Å². The maximum absolute atomic E-state index is 12.3. The molecule has 1 aliphatic heterocycles. The largest absolute Gasteiger partial charge is 0.493 e. The van der Waals surface area contributed by atoms with Crippen molar-refractivity contribution in [3.63, 3.8) is 0 Å². The van der Waals surface area contributed by atoms with Crippen LogP contribution in [0, 0.1) is 11.8 Å². The molecule has 4 nitrogen and oxygen atoms in total. The first-order valence-electron chi connectivity index (χ1n) is 7.98. The Morgan fingerprint density at radius 1 is 1.27 bits per heavy atom. The second-order valence-corrected chi connectivity index (χ2v) is 6.34. The van der Waals surface area contributed by atoms with Gasteiger partial charge in [-0.25, -0.2) is 0 Å². The van der Waals surface area contributed by atoms with Crippen LogP contribution in [0.5, 0.6) is 5.75 Å². The lowest BCUT2D eigenvalue weighted by Crippen LogP contribution is -2.40. The highest BCUT2D eigenvalue weighted by molar-refractivity contribution is 5.92. The second-order valence-electron chi connectivity index (χ2n) is 6.34. The Balaban J connectivity index is 0.00000176. The number of carbonyl (C=O) groups excluding carboxylic acids is 1. The van der Waals surface area contributed by atoms with Crippen LogP contribution in [0.2, 0.25) is 0 Å². The molecule has 2 fully saturated rings. The highest BCUT2D eigenvalue weighted by atomic mass is 35.5. The van der Waals surface area contributed by atoms with Gasteiger partial charge in [-0.2, -0.15) is 0 Å². The molecule has 0 spiro atoms. The van der Waals surface area contributed by atoms with Crippen LogP contribution in [0.15, 0.2) is 24.3 Å². The van der Waals surface area contributed by atoms with Crippen molar-refractivity contribution in [2.24, 2.45) is 11.8 Å². The van der Waals surface area contributed by atoms with Gasteiger partial charge in [0.2, 0.25) is 5.91 Å². The van der Waals surface area contributed by atoms with Gasteiger partial charge in [0.25, 0.3) is 0 Å². The first-order chi connectivity index (χ1) is 10.2. The molecule has 3 rings (SSSR count). The van der Waals surface area contributed by atoms with Crippen LogP contribution >= 0.6 is 12.4 Å². The first kappa shape index (κ1) is 17.1. The summed E-state index contributed by atoms with van der Waals surface area (Å²) in [7, 11) is 0. The summed E-state index contributed by atoms with van der Waals surface area (Å²) in [5.41, 5.74) is 0.852. The summed E-state index contributed by atoms with van der Waals surface area (Å²) in [6.45, 7) is 3.87. The third kappa shape index (κ3) is 4.89. The Kier molecular flexibility index (Phi) is 6.09. The number of hydrogen-bond donors (Lipinski definition) is 2. The zero-order valence-corrected chi connectivity index (χ0v) is 13.8. The highest BCUT2D eigenvalue weighted by Crippen LogP contribution is 2.29. The van der Waals surface area contributed by atoms with E-state index in [-0.39, 0.29) is 24.2 Å². The van der Waals surface area contributed by atoms with Crippen molar-refractivity contribution in [2.75, 3.05) is 18.5 Å². The van der Waals surface area contributed by atoms with Gasteiger partial charge in [-0.15, -0.1) is 12.4 Å². The standard InChI is InChI=1S/C17H24N2O2.ClH/c1-12-10-14(8-9-18-12)17(20)19-15-4-6-16(7-5-15)21-11-13-2-3-13;/h4-7,12-14,18H,2-3,8-11H2,1H3,(H,19,20);1H/t12-,14-;/m0./s1. The van der Waals surface area contributed by atoms with Crippen LogP contribution in [-0.4, -0.2) is 25.1 Å². The van der Waals surface area contributed by atoms with E-state index in [1.165, 1.54) is 12.8 Å². The molecule has 2 aliphatic rings. The normalized spacial score (nSPS) is 24.2. The van der Waals surface area contributed by atoms with E-state index in [2.05, 4.69) is 17.6 Å². The van der Waals surface area contributed by atoms with Crippen LogP contribution in [0.4, 0.5) is 5.69 Å². The average Bonchev–Trinajstić information content (AvgIpc) is 3.31. The summed E-state index contributed by atoms with van der Waals surface area (Å²) >= 11 is 0. The predicted octanol–water partition coefficient (Wildman–Crippen LogP) is 3.22. The van der Waals surface area contributed by atoms with Crippen molar-refractivity contribution in [1.29, 1.82) is 0 Å². The minimum absolute atomic E-state index is 0. The Morgan fingerprint density at radius 3 is 2.64 bits per heavy atom. The highest BCUT2D eigenvalue weighted by Gasteiger charge is 2.24. The SMILES string of the molecule is C[C@H]1C[C@@H](C(=O)Nc2ccc(OCC3CC3)cc2)CCN1.Cl. The summed E-state index contributed by atoms with van der Waals surface area (Å²) in [4.78, 5) is 12.3.